The van der Waals surface area contributed by atoms with Gasteiger partial charge in [0.25, 0.3) is 5.91 Å². The van der Waals surface area contributed by atoms with E-state index in [1.807, 2.05) is 6.92 Å². The summed E-state index contributed by atoms with van der Waals surface area (Å²) in [5, 5.41) is 9.52. The summed E-state index contributed by atoms with van der Waals surface area (Å²) in [6.07, 6.45) is 3.06. The first-order valence-electron chi connectivity index (χ1n) is 6.63. The molecule has 0 spiro atoms. The Balaban J connectivity index is 2.10. The zero-order valence-corrected chi connectivity index (χ0v) is 12.1. The van der Waals surface area contributed by atoms with Crippen molar-refractivity contribution < 1.29 is 14.7 Å². The van der Waals surface area contributed by atoms with Crippen LogP contribution < -0.4 is 0 Å². The molecule has 0 saturated carbocycles. The number of aliphatic carboxylic acids is 1. The molecular formula is C14H17ClN2O3. The first kappa shape index (κ1) is 14.8. The van der Waals surface area contributed by atoms with Crippen LogP contribution in [0.5, 0.6) is 0 Å². The third-order valence-electron chi connectivity index (χ3n) is 4.13. The van der Waals surface area contributed by atoms with E-state index < -0.39 is 11.4 Å². The van der Waals surface area contributed by atoms with Crippen molar-refractivity contribution in [2.75, 3.05) is 13.1 Å². The number of carbonyl (C=O) groups is 2. The Morgan fingerprint density at radius 2 is 2.10 bits per heavy atom. The van der Waals surface area contributed by atoms with Crippen LogP contribution in [0.25, 0.3) is 0 Å². The van der Waals surface area contributed by atoms with Crippen LogP contribution in [0, 0.1) is 5.41 Å². The van der Waals surface area contributed by atoms with Crippen molar-refractivity contribution in [2.24, 2.45) is 5.41 Å². The molecule has 0 aromatic carbocycles. The van der Waals surface area contributed by atoms with E-state index in [1.165, 1.54) is 6.20 Å². The van der Waals surface area contributed by atoms with E-state index in [0.717, 1.165) is 0 Å². The lowest BCUT2D eigenvalue weighted by Crippen LogP contribution is -2.46. The number of halogens is 1. The number of amides is 1. The molecule has 1 aromatic rings. The topological polar surface area (TPSA) is 70.5 Å². The quantitative estimate of drug-likeness (QED) is 0.870. The largest absolute Gasteiger partial charge is 0.481 e. The van der Waals surface area contributed by atoms with E-state index in [1.54, 1.807) is 17.0 Å². The maximum atomic E-state index is 12.3. The van der Waals surface area contributed by atoms with Gasteiger partial charge in [0.05, 0.1) is 11.0 Å². The highest BCUT2D eigenvalue weighted by Crippen LogP contribution is 2.35. The Kier molecular flexibility index (Phi) is 4.28. The molecule has 1 aliphatic heterocycles. The number of nitrogens with zero attached hydrogens (tertiary/aromatic N) is 2. The number of aromatic nitrogens is 1. The maximum absolute atomic E-state index is 12.3. The molecule has 20 heavy (non-hydrogen) atoms. The molecule has 2 rings (SSSR count). The average molecular weight is 297 g/mol. The molecule has 1 amide bonds. The SMILES string of the molecule is CCC1(C(=O)O)CCN(C(=O)c2cccnc2Cl)CC1. The van der Waals surface area contributed by atoms with Gasteiger partial charge in [0, 0.05) is 19.3 Å². The number of carboxylic acids is 1. The van der Waals surface area contributed by atoms with Crippen molar-refractivity contribution in [3.05, 3.63) is 29.0 Å². The zero-order chi connectivity index (χ0) is 14.8. The highest BCUT2D eigenvalue weighted by molar-refractivity contribution is 6.32. The summed E-state index contributed by atoms with van der Waals surface area (Å²) in [6.45, 7) is 2.75. The van der Waals surface area contributed by atoms with E-state index in [-0.39, 0.29) is 11.1 Å². The minimum atomic E-state index is -0.772. The van der Waals surface area contributed by atoms with E-state index in [2.05, 4.69) is 4.98 Å². The molecule has 108 valence electrons. The molecule has 6 heteroatoms. The van der Waals surface area contributed by atoms with Gasteiger partial charge in [-0.15, -0.1) is 0 Å². The molecule has 1 fully saturated rings. The second-order valence-corrected chi connectivity index (χ2v) is 5.43. The summed E-state index contributed by atoms with van der Waals surface area (Å²) in [5.74, 6) is -0.954. The number of likely N-dealkylation sites (tertiary alicyclic amines) is 1. The molecule has 0 bridgehead atoms. The number of hydrogen-bond acceptors (Lipinski definition) is 3. The standard InChI is InChI=1S/C14H17ClN2O3/c1-2-14(13(19)20)5-8-17(9-6-14)12(18)10-4-3-7-16-11(10)15/h3-4,7H,2,5-6,8-9H2,1H3,(H,19,20). The smallest absolute Gasteiger partial charge is 0.309 e. The van der Waals surface area contributed by atoms with Crippen molar-refractivity contribution in [2.45, 2.75) is 26.2 Å². The molecule has 1 aromatic heterocycles. The van der Waals surface area contributed by atoms with Crippen LogP contribution >= 0.6 is 11.6 Å². The summed E-state index contributed by atoms with van der Waals surface area (Å²) in [7, 11) is 0. The van der Waals surface area contributed by atoms with Gasteiger partial charge >= 0.3 is 5.97 Å². The maximum Gasteiger partial charge on any atom is 0.309 e. The third-order valence-corrected chi connectivity index (χ3v) is 4.43. The Bertz CT molecular complexity index is 525. The molecule has 1 N–H and O–H groups in total. The molecular weight excluding hydrogens is 280 g/mol. The molecule has 5 nitrogen and oxygen atoms in total. The fraction of sp³-hybridized carbons (Fsp3) is 0.500. The predicted molar refractivity (Wildman–Crippen MR) is 74.7 cm³/mol. The van der Waals surface area contributed by atoms with Crippen LogP contribution in [-0.2, 0) is 4.79 Å². The minimum absolute atomic E-state index is 0.182. The summed E-state index contributed by atoms with van der Waals surface area (Å²) in [4.78, 5) is 29.3. The van der Waals surface area contributed by atoms with E-state index in [9.17, 15) is 14.7 Å². The summed E-state index contributed by atoms with van der Waals surface area (Å²) in [5.41, 5.74) is -0.330. The van der Waals surface area contributed by atoms with Crippen molar-refractivity contribution >= 4 is 23.5 Å². The molecule has 0 unspecified atom stereocenters. The van der Waals surface area contributed by atoms with E-state index in [0.29, 0.717) is 37.9 Å². The van der Waals surface area contributed by atoms with Gasteiger partial charge in [-0.2, -0.15) is 0 Å². The van der Waals surface area contributed by atoms with Gasteiger partial charge in [0.1, 0.15) is 5.15 Å². The van der Waals surface area contributed by atoms with Crippen LogP contribution in [-0.4, -0.2) is 40.0 Å². The van der Waals surface area contributed by atoms with Crippen molar-refractivity contribution in [1.29, 1.82) is 0 Å². The normalized spacial score (nSPS) is 17.8. The monoisotopic (exact) mass is 296 g/mol. The van der Waals surface area contributed by atoms with Gasteiger partial charge in [-0.1, -0.05) is 18.5 Å². The summed E-state index contributed by atoms with van der Waals surface area (Å²) in [6, 6.07) is 3.30. The molecule has 1 saturated heterocycles. The molecule has 0 atom stereocenters. The Morgan fingerprint density at radius 1 is 1.45 bits per heavy atom. The second kappa shape index (κ2) is 5.79. The average Bonchev–Trinajstić information content (AvgIpc) is 2.47. The Labute approximate surface area is 122 Å². The molecule has 2 heterocycles. The Hall–Kier alpha value is -1.62. The van der Waals surface area contributed by atoms with Crippen molar-refractivity contribution in [3.63, 3.8) is 0 Å². The lowest BCUT2D eigenvalue weighted by Gasteiger charge is -2.38. The van der Waals surface area contributed by atoms with Gasteiger partial charge in [0.2, 0.25) is 0 Å². The number of piperidine rings is 1. The summed E-state index contributed by atoms with van der Waals surface area (Å²) >= 11 is 5.92. The lowest BCUT2D eigenvalue weighted by atomic mass is 9.76. The van der Waals surface area contributed by atoms with Gasteiger partial charge in [-0.25, -0.2) is 4.98 Å². The molecule has 0 aliphatic carbocycles. The van der Waals surface area contributed by atoms with Crippen molar-refractivity contribution in [3.8, 4) is 0 Å². The highest BCUT2D eigenvalue weighted by Gasteiger charge is 2.41. The second-order valence-electron chi connectivity index (χ2n) is 5.07. The fourth-order valence-electron chi connectivity index (χ4n) is 2.57. The first-order valence-corrected chi connectivity index (χ1v) is 7.01. The molecule has 1 aliphatic rings. The van der Waals surface area contributed by atoms with Gasteiger partial charge in [-0.05, 0) is 31.4 Å². The third kappa shape index (κ3) is 2.63. The number of pyridine rings is 1. The summed E-state index contributed by atoms with van der Waals surface area (Å²) < 4.78 is 0. The Morgan fingerprint density at radius 3 is 2.60 bits per heavy atom. The van der Waals surface area contributed by atoms with Crippen LogP contribution in [0.4, 0.5) is 0 Å². The highest BCUT2D eigenvalue weighted by atomic mass is 35.5. The van der Waals surface area contributed by atoms with Gasteiger partial charge < -0.3 is 10.0 Å². The lowest BCUT2D eigenvalue weighted by molar-refractivity contribution is -0.152. The number of carboxylic acid groups (broad SMARTS) is 1. The number of rotatable bonds is 3. The van der Waals surface area contributed by atoms with Crippen LogP contribution in [0.3, 0.4) is 0 Å². The van der Waals surface area contributed by atoms with Crippen LogP contribution in [0.1, 0.15) is 36.5 Å². The zero-order valence-electron chi connectivity index (χ0n) is 11.3. The predicted octanol–water partition coefficient (Wildman–Crippen LogP) is 2.45. The molecule has 0 radical (unpaired) electrons. The van der Waals surface area contributed by atoms with Gasteiger partial charge in [0.15, 0.2) is 0 Å². The van der Waals surface area contributed by atoms with Gasteiger partial charge in [-0.3, -0.25) is 9.59 Å². The minimum Gasteiger partial charge on any atom is -0.481 e. The fourth-order valence-corrected chi connectivity index (χ4v) is 2.77. The first-order chi connectivity index (χ1) is 9.50. The van der Waals surface area contributed by atoms with Crippen LogP contribution in [0.15, 0.2) is 18.3 Å². The number of hydrogen-bond donors (Lipinski definition) is 1. The van der Waals surface area contributed by atoms with Crippen molar-refractivity contribution in [1.82, 2.24) is 9.88 Å². The van der Waals surface area contributed by atoms with E-state index in [4.69, 9.17) is 11.6 Å². The van der Waals surface area contributed by atoms with E-state index >= 15 is 0 Å². The number of carbonyl (C=O) groups excluding carboxylic acids is 1. The van der Waals surface area contributed by atoms with Crippen LogP contribution in [0.2, 0.25) is 5.15 Å².